The highest BCUT2D eigenvalue weighted by Gasteiger charge is 2.35. The number of fused-ring (bicyclic) bond motifs is 3. The average molecular weight is 373 g/mol. The molecular weight excluding hydrogens is 342 g/mol. The van der Waals surface area contributed by atoms with Crippen LogP contribution in [0.4, 0.5) is 11.4 Å². The lowest BCUT2D eigenvalue weighted by atomic mass is 10.1. The van der Waals surface area contributed by atoms with Crippen molar-refractivity contribution in [1.82, 2.24) is 5.32 Å². The SMILES string of the molecule is CC(C)OCCCNC(=O)CCC(=O)N1CC2CCCN2c2ccccc21. The van der Waals surface area contributed by atoms with E-state index >= 15 is 0 Å². The van der Waals surface area contributed by atoms with Gasteiger partial charge in [-0.05, 0) is 45.2 Å². The average Bonchev–Trinajstić information content (AvgIpc) is 3.14. The number of carbonyl (C=O) groups is 2. The summed E-state index contributed by atoms with van der Waals surface area (Å²) in [4.78, 5) is 29.1. The van der Waals surface area contributed by atoms with Crippen molar-refractivity contribution in [2.24, 2.45) is 0 Å². The number of para-hydroxylation sites is 2. The van der Waals surface area contributed by atoms with Crippen LogP contribution in [0.3, 0.4) is 0 Å². The molecule has 1 unspecified atom stereocenters. The molecule has 1 saturated heterocycles. The minimum absolute atomic E-state index is 0.0345. The number of rotatable bonds is 8. The predicted molar refractivity (Wildman–Crippen MR) is 107 cm³/mol. The van der Waals surface area contributed by atoms with Gasteiger partial charge in [0.05, 0.1) is 17.5 Å². The van der Waals surface area contributed by atoms with Gasteiger partial charge in [-0.1, -0.05) is 12.1 Å². The van der Waals surface area contributed by atoms with Crippen molar-refractivity contribution < 1.29 is 14.3 Å². The van der Waals surface area contributed by atoms with E-state index in [1.807, 2.05) is 36.9 Å². The largest absolute Gasteiger partial charge is 0.379 e. The van der Waals surface area contributed by atoms with Gasteiger partial charge in [-0.25, -0.2) is 0 Å². The third-order valence-electron chi connectivity index (χ3n) is 5.21. The molecule has 2 amide bonds. The van der Waals surface area contributed by atoms with Gasteiger partial charge in [-0.2, -0.15) is 0 Å². The highest BCUT2D eigenvalue weighted by Crippen LogP contribution is 2.39. The molecule has 6 nitrogen and oxygen atoms in total. The molecule has 0 radical (unpaired) electrons. The van der Waals surface area contributed by atoms with Crippen molar-refractivity contribution >= 4 is 23.2 Å². The predicted octanol–water partition coefficient (Wildman–Crippen LogP) is 2.71. The molecular formula is C21H31N3O3. The summed E-state index contributed by atoms with van der Waals surface area (Å²) < 4.78 is 5.45. The van der Waals surface area contributed by atoms with E-state index in [4.69, 9.17) is 4.74 Å². The summed E-state index contributed by atoms with van der Waals surface area (Å²) in [5, 5.41) is 2.87. The smallest absolute Gasteiger partial charge is 0.227 e. The number of benzene rings is 1. The molecule has 6 heteroatoms. The second kappa shape index (κ2) is 9.22. The molecule has 0 spiro atoms. The fourth-order valence-corrected chi connectivity index (χ4v) is 3.89. The number of ether oxygens (including phenoxy) is 1. The van der Waals surface area contributed by atoms with Gasteiger partial charge >= 0.3 is 0 Å². The molecule has 2 aliphatic rings. The fraction of sp³-hybridized carbons (Fsp3) is 0.619. The van der Waals surface area contributed by atoms with Gasteiger partial charge in [-0.15, -0.1) is 0 Å². The zero-order valence-electron chi connectivity index (χ0n) is 16.4. The molecule has 0 aromatic heterocycles. The molecule has 1 N–H and O–H groups in total. The molecule has 0 aliphatic carbocycles. The van der Waals surface area contributed by atoms with Crippen molar-refractivity contribution in [1.29, 1.82) is 0 Å². The van der Waals surface area contributed by atoms with Crippen molar-refractivity contribution in [3.63, 3.8) is 0 Å². The van der Waals surface area contributed by atoms with Gasteiger partial charge in [-0.3, -0.25) is 9.59 Å². The van der Waals surface area contributed by atoms with Crippen LogP contribution in [0.1, 0.15) is 46.0 Å². The third-order valence-corrected chi connectivity index (χ3v) is 5.21. The van der Waals surface area contributed by atoms with Crippen LogP contribution in [0, 0.1) is 0 Å². The van der Waals surface area contributed by atoms with Crippen LogP contribution in [0.5, 0.6) is 0 Å². The zero-order chi connectivity index (χ0) is 19.2. The number of nitrogens with zero attached hydrogens (tertiary/aromatic N) is 2. The van der Waals surface area contributed by atoms with E-state index in [1.165, 1.54) is 6.42 Å². The van der Waals surface area contributed by atoms with Gasteiger partial charge in [0.25, 0.3) is 0 Å². The first-order valence-electron chi connectivity index (χ1n) is 10.1. The summed E-state index contributed by atoms with van der Waals surface area (Å²) in [5.74, 6) is -0.0343. The molecule has 2 heterocycles. The molecule has 3 rings (SSSR count). The molecule has 1 atom stereocenters. The van der Waals surface area contributed by atoms with Crippen LogP contribution in [0.25, 0.3) is 0 Å². The molecule has 1 fully saturated rings. The summed E-state index contributed by atoms with van der Waals surface area (Å²) in [6, 6.07) is 8.51. The number of amides is 2. The molecule has 27 heavy (non-hydrogen) atoms. The summed E-state index contributed by atoms with van der Waals surface area (Å²) in [6.45, 7) is 7.00. The van der Waals surface area contributed by atoms with Crippen LogP contribution in [-0.4, -0.2) is 50.2 Å². The second-order valence-electron chi connectivity index (χ2n) is 7.61. The third kappa shape index (κ3) is 5.01. The summed E-state index contributed by atoms with van der Waals surface area (Å²) >= 11 is 0. The Kier molecular flexibility index (Phi) is 6.72. The Morgan fingerprint density at radius 1 is 1.22 bits per heavy atom. The highest BCUT2D eigenvalue weighted by atomic mass is 16.5. The van der Waals surface area contributed by atoms with Gasteiger partial charge in [0.2, 0.25) is 11.8 Å². The minimum Gasteiger partial charge on any atom is -0.379 e. The van der Waals surface area contributed by atoms with Crippen LogP contribution >= 0.6 is 0 Å². The van der Waals surface area contributed by atoms with E-state index in [0.717, 1.165) is 37.3 Å². The van der Waals surface area contributed by atoms with Crippen LogP contribution in [0.15, 0.2) is 24.3 Å². The van der Waals surface area contributed by atoms with Gasteiger partial charge in [0, 0.05) is 45.1 Å². The van der Waals surface area contributed by atoms with E-state index in [2.05, 4.69) is 16.3 Å². The molecule has 0 bridgehead atoms. The number of hydrogen-bond donors (Lipinski definition) is 1. The Bertz CT molecular complexity index is 662. The van der Waals surface area contributed by atoms with Gasteiger partial charge in [0.15, 0.2) is 0 Å². The second-order valence-corrected chi connectivity index (χ2v) is 7.61. The van der Waals surface area contributed by atoms with E-state index in [-0.39, 0.29) is 30.8 Å². The van der Waals surface area contributed by atoms with Crippen LogP contribution < -0.4 is 15.1 Å². The maximum atomic E-state index is 12.8. The fourth-order valence-electron chi connectivity index (χ4n) is 3.89. The lowest BCUT2D eigenvalue weighted by Crippen LogP contribution is -2.48. The minimum atomic E-state index is -0.0688. The Morgan fingerprint density at radius 2 is 2.00 bits per heavy atom. The number of hydrogen-bond acceptors (Lipinski definition) is 4. The quantitative estimate of drug-likeness (QED) is 0.712. The summed E-state index contributed by atoms with van der Waals surface area (Å²) in [6.07, 6.45) is 3.77. The number of carbonyl (C=O) groups excluding carboxylic acids is 2. The van der Waals surface area contributed by atoms with E-state index < -0.39 is 0 Å². The van der Waals surface area contributed by atoms with E-state index in [1.54, 1.807) is 0 Å². The monoisotopic (exact) mass is 373 g/mol. The first kappa shape index (κ1) is 19.7. The zero-order valence-corrected chi connectivity index (χ0v) is 16.4. The Hall–Kier alpha value is -2.08. The van der Waals surface area contributed by atoms with Gasteiger partial charge in [0.1, 0.15) is 0 Å². The van der Waals surface area contributed by atoms with Crippen LogP contribution in [0.2, 0.25) is 0 Å². The van der Waals surface area contributed by atoms with Gasteiger partial charge < -0.3 is 19.9 Å². The van der Waals surface area contributed by atoms with E-state index in [9.17, 15) is 9.59 Å². The van der Waals surface area contributed by atoms with Crippen molar-refractivity contribution in [3.8, 4) is 0 Å². The molecule has 1 aromatic rings. The lowest BCUT2D eigenvalue weighted by Gasteiger charge is -2.40. The highest BCUT2D eigenvalue weighted by molar-refractivity contribution is 5.99. The first-order chi connectivity index (χ1) is 13.1. The van der Waals surface area contributed by atoms with Crippen molar-refractivity contribution in [2.45, 2.75) is 58.1 Å². The maximum Gasteiger partial charge on any atom is 0.227 e. The number of anilines is 2. The normalized spacial score (nSPS) is 18.4. The van der Waals surface area contributed by atoms with Crippen LogP contribution in [-0.2, 0) is 14.3 Å². The molecule has 0 saturated carbocycles. The Labute approximate surface area is 161 Å². The summed E-state index contributed by atoms with van der Waals surface area (Å²) in [5.41, 5.74) is 2.13. The number of nitrogens with one attached hydrogen (secondary N) is 1. The Balaban J connectivity index is 1.48. The van der Waals surface area contributed by atoms with E-state index in [0.29, 0.717) is 19.2 Å². The van der Waals surface area contributed by atoms with Crippen molar-refractivity contribution in [2.75, 3.05) is 36.0 Å². The molecule has 2 aliphatic heterocycles. The molecule has 148 valence electrons. The van der Waals surface area contributed by atoms with Crippen molar-refractivity contribution in [3.05, 3.63) is 24.3 Å². The first-order valence-corrected chi connectivity index (χ1v) is 10.1. The summed E-state index contributed by atoms with van der Waals surface area (Å²) in [7, 11) is 0. The Morgan fingerprint density at radius 3 is 2.78 bits per heavy atom. The molecule has 1 aromatic carbocycles. The standard InChI is InChI=1S/C21H31N3O3/c1-16(2)27-14-6-12-22-20(25)10-11-21(26)24-15-17-7-5-13-23(17)18-8-3-4-9-19(18)24/h3-4,8-9,16-17H,5-7,10-15H2,1-2H3,(H,22,25). The topological polar surface area (TPSA) is 61.9 Å². The maximum absolute atomic E-state index is 12.8. The lowest BCUT2D eigenvalue weighted by molar-refractivity contribution is -0.125.